The van der Waals surface area contributed by atoms with Gasteiger partial charge in [0, 0.05) is 12.3 Å². The van der Waals surface area contributed by atoms with Crippen LogP contribution in [-0.2, 0) is 11.3 Å². The highest BCUT2D eigenvalue weighted by atomic mass is 16.8. The van der Waals surface area contributed by atoms with Crippen molar-refractivity contribution in [2.45, 2.75) is 6.54 Å². The summed E-state index contributed by atoms with van der Waals surface area (Å²) in [5.41, 5.74) is 0. The highest BCUT2D eigenvalue weighted by molar-refractivity contribution is 5.66. The molecule has 0 bridgehead atoms. The van der Waals surface area contributed by atoms with Crippen molar-refractivity contribution in [3.63, 3.8) is 0 Å². The van der Waals surface area contributed by atoms with Crippen molar-refractivity contribution in [3.05, 3.63) is 12.3 Å². The zero-order valence-corrected chi connectivity index (χ0v) is 5.95. The maximum Gasteiger partial charge on any atom is 0.325 e. The van der Waals surface area contributed by atoms with E-state index in [-0.39, 0.29) is 17.6 Å². The van der Waals surface area contributed by atoms with E-state index >= 15 is 0 Å². The lowest BCUT2D eigenvalue weighted by molar-refractivity contribution is -0.137. The molecule has 0 aliphatic rings. The topological polar surface area (TPSA) is 98.8 Å². The summed E-state index contributed by atoms with van der Waals surface area (Å²) in [5, 5.41) is 28.5. The van der Waals surface area contributed by atoms with E-state index in [0.29, 0.717) is 0 Å². The largest absolute Gasteiger partial charge is 0.480 e. The summed E-state index contributed by atoms with van der Waals surface area (Å²) in [7, 11) is 0. The van der Waals surface area contributed by atoms with Crippen LogP contribution in [0.4, 0.5) is 5.82 Å². The van der Waals surface area contributed by atoms with Gasteiger partial charge in [-0.15, -0.1) is 10.3 Å². The Kier molecular flexibility index (Phi) is 2.26. The van der Waals surface area contributed by atoms with Gasteiger partial charge in [-0.05, 0) is 0 Å². The van der Waals surface area contributed by atoms with Crippen LogP contribution in [0.5, 0.6) is 0 Å². The van der Waals surface area contributed by atoms with Crippen LogP contribution in [-0.4, -0.2) is 31.3 Å². The third kappa shape index (κ3) is 1.94. The van der Waals surface area contributed by atoms with Crippen molar-refractivity contribution < 1.29 is 20.3 Å². The average Bonchev–Trinajstić information content (AvgIpc) is 2.34. The van der Waals surface area contributed by atoms with E-state index in [1.807, 2.05) is 0 Å². The van der Waals surface area contributed by atoms with Crippen molar-refractivity contribution >= 4 is 11.8 Å². The van der Waals surface area contributed by atoms with Gasteiger partial charge in [0.25, 0.3) is 0 Å². The standard InChI is InChI=1S/C5H7N3O4/c9-5(10)3-7-2-1-4(6-7)8(11)12/h1-2,11-12H,3H2,(H,9,10). The van der Waals surface area contributed by atoms with Gasteiger partial charge < -0.3 is 5.11 Å². The number of carboxylic acids is 1. The van der Waals surface area contributed by atoms with Gasteiger partial charge in [0.15, 0.2) is 0 Å². The van der Waals surface area contributed by atoms with Crippen LogP contribution in [0.15, 0.2) is 12.3 Å². The Balaban J connectivity index is 2.70. The molecule has 0 atom stereocenters. The molecule has 0 aliphatic heterocycles. The number of carbonyl (C=O) groups is 1. The monoisotopic (exact) mass is 173 g/mol. The van der Waals surface area contributed by atoms with Gasteiger partial charge >= 0.3 is 5.97 Å². The molecule has 0 aliphatic carbocycles. The predicted octanol–water partition coefficient (Wildman–Crippen LogP) is -0.447. The van der Waals surface area contributed by atoms with Crippen molar-refractivity contribution in [3.8, 4) is 0 Å². The normalized spacial score (nSPS) is 9.83. The summed E-state index contributed by atoms with van der Waals surface area (Å²) >= 11 is 0. The minimum Gasteiger partial charge on any atom is -0.480 e. The Bertz CT molecular complexity index is 282. The lowest BCUT2D eigenvalue weighted by Crippen LogP contribution is -2.14. The van der Waals surface area contributed by atoms with Gasteiger partial charge in [0.05, 0.1) is 0 Å². The first-order valence-corrected chi connectivity index (χ1v) is 3.02. The Labute approximate surface area is 67.0 Å². The van der Waals surface area contributed by atoms with Crippen molar-refractivity contribution in [1.82, 2.24) is 9.78 Å². The highest BCUT2D eigenvalue weighted by Crippen LogP contribution is 2.04. The first-order valence-electron chi connectivity index (χ1n) is 3.02. The SMILES string of the molecule is O=C(O)Cn1ccc(N(O)O)n1. The fraction of sp³-hybridized carbons (Fsp3) is 0.200. The molecule has 1 heterocycles. The average molecular weight is 173 g/mol. The third-order valence-corrected chi connectivity index (χ3v) is 1.13. The zero-order chi connectivity index (χ0) is 9.14. The second-order valence-corrected chi connectivity index (χ2v) is 2.05. The number of aliphatic carboxylic acids is 1. The van der Waals surface area contributed by atoms with Crippen molar-refractivity contribution in [1.29, 1.82) is 0 Å². The van der Waals surface area contributed by atoms with Gasteiger partial charge in [0.1, 0.15) is 6.54 Å². The molecule has 0 amide bonds. The summed E-state index contributed by atoms with van der Waals surface area (Å²) in [6, 6.07) is 1.27. The quantitative estimate of drug-likeness (QED) is 0.535. The highest BCUT2D eigenvalue weighted by Gasteiger charge is 2.05. The van der Waals surface area contributed by atoms with Crippen LogP contribution in [0.3, 0.4) is 0 Å². The summed E-state index contributed by atoms with van der Waals surface area (Å²) < 4.78 is 1.07. The second-order valence-electron chi connectivity index (χ2n) is 2.05. The van der Waals surface area contributed by atoms with Gasteiger partial charge in [0.2, 0.25) is 5.82 Å². The Morgan fingerprint density at radius 1 is 1.67 bits per heavy atom. The smallest absolute Gasteiger partial charge is 0.325 e. The van der Waals surface area contributed by atoms with Crippen LogP contribution in [0.2, 0.25) is 0 Å². The number of anilines is 1. The first-order chi connectivity index (χ1) is 5.59. The zero-order valence-electron chi connectivity index (χ0n) is 5.95. The fourth-order valence-corrected chi connectivity index (χ4v) is 0.684. The van der Waals surface area contributed by atoms with E-state index in [1.54, 1.807) is 0 Å². The third-order valence-electron chi connectivity index (χ3n) is 1.13. The van der Waals surface area contributed by atoms with Crippen LogP contribution < -0.4 is 5.23 Å². The minimum absolute atomic E-state index is 0.128. The van der Waals surface area contributed by atoms with Crippen LogP contribution in [0.1, 0.15) is 0 Å². The molecule has 0 saturated carbocycles. The van der Waals surface area contributed by atoms with E-state index in [1.165, 1.54) is 12.3 Å². The van der Waals surface area contributed by atoms with Gasteiger partial charge in [-0.25, -0.2) is 0 Å². The first kappa shape index (κ1) is 8.50. The molecule has 0 saturated heterocycles. The van der Waals surface area contributed by atoms with E-state index in [9.17, 15) is 4.79 Å². The molecular formula is C5H7N3O4. The molecule has 0 spiro atoms. The number of nitrogens with zero attached hydrogens (tertiary/aromatic N) is 3. The number of rotatable bonds is 3. The molecular weight excluding hydrogens is 166 g/mol. The van der Waals surface area contributed by atoms with Gasteiger partial charge in [-0.1, -0.05) is 0 Å². The lowest BCUT2D eigenvalue weighted by Gasteiger charge is -2.01. The number of hydrogen-bond acceptors (Lipinski definition) is 5. The Morgan fingerprint density at radius 3 is 2.75 bits per heavy atom. The number of aromatic nitrogens is 2. The summed E-state index contributed by atoms with van der Waals surface area (Å²) in [5.74, 6) is -1.18. The minimum atomic E-state index is -1.05. The molecule has 12 heavy (non-hydrogen) atoms. The maximum absolute atomic E-state index is 10.1. The second kappa shape index (κ2) is 3.20. The Morgan fingerprint density at radius 2 is 2.33 bits per heavy atom. The van der Waals surface area contributed by atoms with Crippen molar-refractivity contribution in [2.24, 2.45) is 0 Å². The van der Waals surface area contributed by atoms with Crippen LogP contribution in [0, 0.1) is 0 Å². The van der Waals surface area contributed by atoms with Crippen LogP contribution >= 0.6 is 0 Å². The molecule has 1 aromatic rings. The summed E-state index contributed by atoms with van der Waals surface area (Å²) in [6.07, 6.45) is 1.32. The summed E-state index contributed by atoms with van der Waals surface area (Å²) in [4.78, 5) is 10.1. The molecule has 3 N–H and O–H groups in total. The molecule has 1 rings (SSSR count). The predicted molar refractivity (Wildman–Crippen MR) is 35.9 cm³/mol. The summed E-state index contributed by atoms with van der Waals surface area (Å²) in [6.45, 7) is -0.312. The van der Waals surface area contributed by atoms with Crippen molar-refractivity contribution in [2.75, 3.05) is 5.23 Å². The molecule has 1 aromatic heterocycles. The number of hydrogen-bond donors (Lipinski definition) is 3. The maximum atomic E-state index is 10.1. The molecule has 0 radical (unpaired) electrons. The van der Waals surface area contributed by atoms with E-state index < -0.39 is 5.97 Å². The molecule has 0 fully saturated rings. The van der Waals surface area contributed by atoms with Gasteiger partial charge in [-0.3, -0.25) is 19.9 Å². The fourth-order valence-electron chi connectivity index (χ4n) is 0.684. The number of carboxylic acid groups (broad SMARTS) is 1. The Hall–Kier alpha value is -1.60. The molecule has 0 unspecified atom stereocenters. The molecule has 7 nitrogen and oxygen atoms in total. The molecule has 66 valence electrons. The van der Waals surface area contributed by atoms with E-state index in [0.717, 1.165) is 4.68 Å². The molecule has 0 aromatic carbocycles. The van der Waals surface area contributed by atoms with Crippen LogP contribution in [0.25, 0.3) is 0 Å². The lowest BCUT2D eigenvalue weighted by atomic mass is 10.6. The van der Waals surface area contributed by atoms with E-state index in [2.05, 4.69) is 5.10 Å². The van der Waals surface area contributed by atoms with E-state index in [4.69, 9.17) is 15.5 Å². The van der Waals surface area contributed by atoms with Gasteiger partial charge in [-0.2, -0.15) is 0 Å². The molecule has 7 heteroatoms.